The van der Waals surface area contributed by atoms with Crippen LogP contribution in [-0.2, 0) is 12.1 Å². The zero-order valence-corrected chi connectivity index (χ0v) is 14.8. The minimum Gasteiger partial charge on any atom is -0.421 e. The van der Waals surface area contributed by atoms with Gasteiger partial charge in [-0.3, -0.25) is 0 Å². The highest BCUT2D eigenvalue weighted by Crippen LogP contribution is 2.47. The molecule has 1 aliphatic rings. The number of hydrogen-bond donors (Lipinski definition) is 1. The van der Waals surface area contributed by atoms with E-state index in [0.717, 1.165) is 17.7 Å². The Kier molecular flexibility index (Phi) is 4.93. The molecule has 1 N–H and O–H groups in total. The first-order chi connectivity index (χ1) is 12.5. The fourth-order valence-corrected chi connectivity index (χ4v) is 2.61. The molecule has 27 heavy (non-hydrogen) atoms. The van der Waals surface area contributed by atoms with E-state index in [-0.39, 0.29) is 5.56 Å². The van der Waals surface area contributed by atoms with Gasteiger partial charge < -0.3 is 14.8 Å². The van der Waals surface area contributed by atoms with E-state index in [1.54, 1.807) is 12.1 Å². The Labute approximate surface area is 152 Å². The molecule has 0 saturated carbocycles. The van der Waals surface area contributed by atoms with Gasteiger partial charge in [0.25, 0.3) is 5.66 Å². The molecule has 1 unspecified atom stereocenters. The highest BCUT2D eigenvalue weighted by molar-refractivity contribution is 7.17. The summed E-state index contributed by atoms with van der Waals surface area (Å²) in [5, 5.41) is 2.92. The number of nitrogens with one attached hydrogen (secondary N) is 1. The highest BCUT2D eigenvalue weighted by Gasteiger charge is 2.65. The average Bonchev–Trinajstić information content (AvgIpc) is 2.55. The second-order valence-electron chi connectivity index (χ2n) is 5.90. The summed E-state index contributed by atoms with van der Waals surface area (Å²) < 4.78 is 86.9. The van der Waals surface area contributed by atoms with E-state index < -0.39 is 29.4 Å². The third kappa shape index (κ3) is 4.24. The summed E-state index contributed by atoms with van der Waals surface area (Å²) in [7, 11) is 1.46. The van der Waals surface area contributed by atoms with Gasteiger partial charge in [0, 0.05) is 23.9 Å². The zero-order chi connectivity index (χ0) is 19.9. The van der Waals surface area contributed by atoms with Crippen LogP contribution < -0.4 is 14.8 Å². The summed E-state index contributed by atoms with van der Waals surface area (Å²) in [6.07, 6.45) is -9.07. The minimum atomic E-state index is -4.78. The highest BCUT2D eigenvalue weighted by atomic mass is 31.0. The fraction of sp³-hybridized carbons (Fsp3) is 0.294. The van der Waals surface area contributed by atoms with Crippen LogP contribution in [0.4, 0.5) is 32.0 Å². The second kappa shape index (κ2) is 6.78. The molecule has 2 aromatic carbocycles. The van der Waals surface area contributed by atoms with Gasteiger partial charge in [-0.25, -0.2) is 0 Å². The number of alkyl halides is 6. The van der Waals surface area contributed by atoms with Crippen molar-refractivity contribution >= 4 is 14.9 Å². The molecule has 0 saturated heterocycles. The Morgan fingerprint density at radius 1 is 0.889 bits per heavy atom. The molecule has 0 radical (unpaired) electrons. The number of fused-ring (bicyclic) bond motifs is 1. The van der Waals surface area contributed by atoms with Gasteiger partial charge in [0.15, 0.2) is 11.5 Å². The van der Waals surface area contributed by atoms with Crippen molar-refractivity contribution in [1.29, 1.82) is 0 Å². The molecule has 2 aromatic rings. The van der Waals surface area contributed by atoms with Crippen molar-refractivity contribution < 1.29 is 35.8 Å². The zero-order valence-electron chi connectivity index (χ0n) is 13.6. The second-order valence-corrected chi connectivity index (χ2v) is 6.62. The molecule has 0 bridgehead atoms. The van der Waals surface area contributed by atoms with Crippen LogP contribution in [0.25, 0.3) is 0 Å². The predicted molar refractivity (Wildman–Crippen MR) is 89.8 cm³/mol. The molecule has 146 valence electrons. The molecule has 1 aliphatic heterocycles. The lowest BCUT2D eigenvalue weighted by molar-refractivity contribution is -0.391. The Morgan fingerprint density at radius 3 is 2.07 bits per heavy atom. The van der Waals surface area contributed by atoms with Crippen LogP contribution >= 0.6 is 9.24 Å². The molecule has 3 nitrogen and oxygen atoms in total. The molecule has 10 heteroatoms. The number of hydrogen-bond acceptors (Lipinski definition) is 3. The standard InChI is InChI=1S/C17H14F6NO2P/c18-15(19,27)11-3-1-10(2-4-11)7-8-24-12-5-6-13-14(9-12)26-17(22,23)16(20,21)25-13/h1-6,9,24H,7-8,27H2. The maximum atomic E-state index is 13.2. The van der Waals surface area contributed by atoms with Gasteiger partial charge in [-0.15, -0.1) is 0 Å². The fourth-order valence-electron chi connectivity index (χ4n) is 2.42. The van der Waals surface area contributed by atoms with E-state index in [2.05, 4.69) is 14.8 Å². The maximum Gasteiger partial charge on any atom is 0.507 e. The lowest BCUT2D eigenvalue weighted by Crippen LogP contribution is -2.52. The van der Waals surface area contributed by atoms with Crippen molar-refractivity contribution in [3.63, 3.8) is 0 Å². The van der Waals surface area contributed by atoms with Crippen molar-refractivity contribution in [2.45, 2.75) is 24.3 Å². The summed E-state index contributed by atoms with van der Waals surface area (Å²) >= 11 is 0. The van der Waals surface area contributed by atoms with Crippen molar-refractivity contribution in [3.05, 3.63) is 53.6 Å². The van der Waals surface area contributed by atoms with E-state index >= 15 is 0 Å². The van der Waals surface area contributed by atoms with E-state index in [1.807, 2.05) is 0 Å². The van der Waals surface area contributed by atoms with Crippen LogP contribution in [0.5, 0.6) is 11.5 Å². The quantitative estimate of drug-likeness (QED) is 0.543. The van der Waals surface area contributed by atoms with Gasteiger partial charge in [0.2, 0.25) is 0 Å². The van der Waals surface area contributed by atoms with Crippen LogP contribution in [0.15, 0.2) is 42.5 Å². The summed E-state index contributed by atoms with van der Waals surface area (Å²) in [5.41, 5.74) is -2.00. The molecule has 0 spiro atoms. The lowest BCUT2D eigenvalue weighted by Gasteiger charge is -2.32. The normalized spacial score (nSPS) is 17.4. The number of halogens is 6. The third-order valence-corrected chi connectivity index (χ3v) is 4.17. The van der Waals surface area contributed by atoms with E-state index in [1.165, 1.54) is 27.4 Å². The van der Waals surface area contributed by atoms with Gasteiger partial charge in [-0.2, -0.15) is 26.3 Å². The first-order valence-corrected chi connectivity index (χ1v) is 8.33. The molecule has 0 aromatic heterocycles. The Bertz CT molecular complexity index is 823. The van der Waals surface area contributed by atoms with Gasteiger partial charge >= 0.3 is 12.2 Å². The largest absolute Gasteiger partial charge is 0.507 e. The number of ether oxygens (including phenoxy) is 2. The van der Waals surface area contributed by atoms with Gasteiger partial charge in [0.05, 0.1) is 0 Å². The summed E-state index contributed by atoms with van der Waals surface area (Å²) in [6.45, 7) is 0.350. The van der Waals surface area contributed by atoms with E-state index in [9.17, 15) is 26.3 Å². The lowest BCUT2D eigenvalue weighted by atomic mass is 10.1. The van der Waals surface area contributed by atoms with Crippen molar-refractivity contribution in [2.75, 3.05) is 11.9 Å². The molecule has 1 atom stereocenters. The van der Waals surface area contributed by atoms with Crippen molar-refractivity contribution in [3.8, 4) is 11.5 Å². The maximum absolute atomic E-state index is 13.2. The molecular weight excluding hydrogens is 395 g/mol. The van der Waals surface area contributed by atoms with Crippen LogP contribution in [0.2, 0.25) is 0 Å². The Balaban J connectivity index is 1.61. The predicted octanol–water partition coefficient (Wildman–Crippen LogP) is 5.22. The van der Waals surface area contributed by atoms with Crippen LogP contribution in [0.1, 0.15) is 11.1 Å². The molecule has 0 amide bonds. The number of benzene rings is 2. The monoisotopic (exact) mass is 409 g/mol. The molecular formula is C17H14F6NO2P. The third-order valence-electron chi connectivity index (χ3n) is 3.84. The summed E-state index contributed by atoms with van der Waals surface area (Å²) in [6, 6.07) is 9.33. The number of rotatable bonds is 5. The molecule has 1 heterocycles. The van der Waals surface area contributed by atoms with Gasteiger partial charge in [0.1, 0.15) is 0 Å². The van der Waals surface area contributed by atoms with Crippen LogP contribution in [-0.4, -0.2) is 18.8 Å². The SMILES string of the molecule is FC(F)(P)c1ccc(CCNc2ccc3c(c2)OC(F)(F)C(F)(F)O3)cc1. The van der Waals surface area contributed by atoms with Crippen LogP contribution in [0, 0.1) is 0 Å². The van der Waals surface area contributed by atoms with Crippen molar-refractivity contribution in [2.24, 2.45) is 0 Å². The van der Waals surface area contributed by atoms with Gasteiger partial charge in [-0.05, 0) is 24.1 Å². The number of anilines is 1. The average molecular weight is 409 g/mol. The van der Waals surface area contributed by atoms with E-state index in [0.29, 0.717) is 18.7 Å². The molecule has 3 rings (SSSR count). The van der Waals surface area contributed by atoms with E-state index in [4.69, 9.17) is 0 Å². The van der Waals surface area contributed by atoms with Crippen molar-refractivity contribution in [1.82, 2.24) is 0 Å². The molecule has 0 fully saturated rings. The summed E-state index contributed by atoms with van der Waals surface area (Å²) in [5.74, 6) is -1.01. The Morgan fingerprint density at radius 2 is 1.48 bits per heavy atom. The first kappa shape index (κ1) is 19.6. The minimum absolute atomic E-state index is 0.131. The smallest absolute Gasteiger partial charge is 0.421 e. The first-order valence-electron chi connectivity index (χ1n) is 7.76. The topological polar surface area (TPSA) is 30.5 Å². The summed E-state index contributed by atoms with van der Waals surface area (Å²) in [4.78, 5) is 0. The van der Waals surface area contributed by atoms with Gasteiger partial charge in [-0.1, -0.05) is 33.5 Å². The Hall–Kier alpha value is -2.15. The molecule has 0 aliphatic carbocycles. The van der Waals surface area contributed by atoms with Crippen LogP contribution in [0.3, 0.4) is 0 Å².